The molecule has 0 saturated heterocycles. The molecule has 6 nitrogen and oxygen atoms in total. The lowest BCUT2D eigenvalue weighted by molar-refractivity contribution is -0.166. The Labute approximate surface area is 378 Å². The molecule has 0 aromatic rings. The predicted molar refractivity (Wildman–Crippen MR) is 261 cm³/mol. The van der Waals surface area contributed by atoms with Gasteiger partial charge < -0.3 is 14.2 Å². The molecule has 0 bridgehead atoms. The lowest BCUT2D eigenvalue weighted by atomic mass is 10.0. The lowest BCUT2D eigenvalue weighted by Gasteiger charge is -2.18. The average Bonchev–Trinajstić information content (AvgIpc) is 3.26. The Morgan fingerprint density at radius 3 is 1.13 bits per heavy atom. The van der Waals surface area contributed by atoms with Crippen LogP contribution in [0.15, 0.2) is 48.6 Å². The van der Waals surface area contributed by atoms with Crippen LogP contribution in [0.3, 0.4) is 0 Å². The number of allylic oxidation sites excluding steroid dienone is 8. The molecule has 0 aromatic carbocycles. The first-order valence-electron chi connectivity index (χ1n) is 26.2. The van der Waals surface area contributed by atoms with E-state index in [9.17, 15) is 14.4 Å². The van der Waals surface area contributed by atoms with Gasteiger partial charge in [-0.2, -0.15) is 0 Å². The number of unbranched alkanes of at least 4 members (excludes halogenated alkanes) is 29. The van der Waals surface area contributed by atoms with Gasteiger partial charge in [0.15, 0.2) is 6.10 Å². The highest BCUT2D eigenvalue weighted by Gasteiger charge is 2.19. The van der Waals surface area contributed by atoms with Crippen molar-refractivity contribution in [3.05, 3.63) is 48.6 Å². The molecule has 61 heavy (non-hydrogen) atoms. The third kappa shape index (κ3) is 48.3. The summed E-state index contributed by atoms with van der Waals surface area (Å²) in [7, 11) is 0. The van der Waals surface area contributed by atoms with Gasteiger partial charge in [0.05, 0.1) is 0 Å². The maximum Gasteiger partial charge on any atom is 0.306 e. The molecule has 0 aliphatic heterocycles. The summed E-state index contributed by atoms with van der Waals surface area (Å²) in [5, 5.41) is 0. The predicted octanol–water partition coefficient (Wildman–Crippen LogP) is 17.1. The minimum atomic E-state index is -0.797. The van der Waals surface area contributed by atoms with E-state index in [1.54, 1.807) is 0 Å². The second kappa shape index (κ2) is 50.0. The number of esters is 3. The van der Waals surface area contributed by atoms with E-state index in [4.69, 9.17) is 14.2 Å². The normalized spacial score (nSPS) is 12.4. The number of ether oxygens (including phenoxy) is 3. The van der Waals surface area contributed by atoms with E-state index in [1.807, 2.05) is 6.08 Å². The van der Waals surface area contributed by atoms with E-state index in [-0.39, 0.29) is 37.5 Å². The van der Waals surface area contributed by atoms with Crippen molar-refractivity contribution in [2.75, 3.05) is 13.2 Å². The first kappa shape index (κ1) is 58.4. The fourth-order valence-corrected chi connectivity index (χ4v) is 7.37. The molecule has 0 aliphatic rings. The SMILES string of the molecule is CCCCC/C=C/C=C/CCCCCCCCC(=O)OCC(COC(=O)CC/C=C/C/C=C/CCCCCCCC)OC(=O)CCCCCCCCCCCCCCCCC. The molecule has 1 atom stereocenters. The van der Waals surface area contributed by atoms with Crippen LogP contribution in [0.1, 0.15) is 265 Å². The molecular formula is C55H98O6. The van der Waals surface area contributed by atoms with E-state index in [1.165, 1.54) is 161 Å². The molecule has 0 spiro atoms. The fraction of sp³-hybridized carbons (Fsp3) is 0.800. The molecule has 6 heteroatoms. The van der Waals surface area contributed by atoms with Crippen molar-refractivity contribution >= 4 is 17.9 Å². The van der Waals surface area contributed by atoms with E-state index >= 15 is 0 Å². The van der Waals surface area contributed by atoms with Crippen LogP contribution in [0.4, 0.5) is 0 Å². The van der Waals surface area contributed by atoms with Gasteiger partial charge >= 0.3 is 17.9 Å². The van der Waals surface area contributed by atoms with Crippen LogP contribution in [0, 0.1) is 0 Å². The van der Waals surface area contributed by atoms with Crippen LogP contribution < -0.4 is 0 Å². The van der Waals surface area contributed by atoms with Gasteiger partial charge in [-0.3, -0.25) is 14.4 Å². The Kier molecular flexibility index (Phi) is 47.9. The summed E-state index contributed by atoms with van der Waals surface area (Å²) in [6.07, 6.45) is 59.6. The molecule has 1 unspecified atom stereocenters. The summed E-state index contributed by atoms with van der Waals surface area (Å²) in [6, 6.07) is 0. The highest BCUT2D eigenvalue weighted by Crippen LogP contribution is 2.15. The van der Waals surface area contributed by atoms with E-state index in [2.05, 4.69) is 63.3 Å². The van der Waals surface area contributed by atoms with Gasteiger partial charge in [-0.1, -0.05) is 230 Å². The minimum Gasteiger partial charge on any atom is -0.462 e. The van der Waals surface area contributed by atoms with Crippen molar-refractivity contribution in [3.63, 3.8) is 0 Å². The highest BCUT2D eigenvalue weighted by molar-refractivity contribution is 5.71. The Morgan fingerprint density at radius 1 is 0.344 bits per heavy atom. The number of hydrogen-bond donors (Lipinski definition) is 0. The van der Waals surface area contributed by atoms with Gasteiger partial charge in [0.2, 0.25) is 0 Å². The van der Waals surface area contributed by atoms with Crippen LogP contribution in [-0.2, 0) is 28.6 Å². The summed E-state index contributed by atoms with van der Waals surface area (Å²) >= 11 is 0. The Morgan fingerprint density at radius 2 is 0.672 bits per heavy atom. The van der Waals surface area contributed by atoms with Gasteiger partial charge in [-0.25, -0.2) is 0 Å². The van der Waals surface area contributed by atoms with E-state index < -0.39 is 6.10 Å². The van der Waals surface area contributed by atoms with Crippen molar-refractivity contribution < 1.29 is 28.6 Å². The van der Waals surface area contributed by atoms with Gasteiger partial charge in [-0.15, -0.1) is 0 Å². The molecule has 0 fully saturated rings. The maximum atomic E-state index is 12.8. The van der Waals surface area contributed by atoms with Crippen LogP contribution in [0.2, 0.25) is 0 Å². The van der Waals surface area contributed by atoms with Crippen molar-refractivity contribution in [1.29, 1.82) is 0 Å². The molecule has 0 N–H and O–H groups in total. The minimum absolute atomic E-state index is 0.0941. The monoisotopic (exact) mass is 855 g/mol. The third-order valence-corrected chi connectivity index (χ3v) is 11.3. The molecule has 0 saturated carbocycles. The Hall–Kier alpha value is -2.63. The van der Waals surface area contributed by atoms with E-state index in [0.717, 1.165) is 57.8 Å². The van der Waals surface area contributed by atoms with Crippen LogP contribution in [0.25, 0.3) is 0 Å². The molecule has 0 radical (unpaired) electrons. The van der Waals surface area contributed by atoms with Gasteiger partial charge in [0, 0.05) is 19.3 Å². The molecule has 0 heterocycles. The second-order valence-electron chi connectivity index (χ2n) is 17.5. The first-order chi connectivity index (χ1) is 30.0. The Bertz CT molecular complexity index is 1070. The molecule has 0 aliphatic carbocycles. The van der Waals surface area contributed by atoms with Gasteiger partial charge in [0.25, 0.3) is 0 Å². The van der Waals surface area contributed by atoms with Crippen molar-refractivity contribution in [2.45, 2.75) is 271 Å². The quantitative estimate of drug-likeness (QED) is 0.0199. The summed E-state index contributed by atoms with van der Waals surface area (Å²) in [5.74, 6) is -0.966. The average molecular weight is 855 g/mol. The summed E-state index contributed by atoms with van der Waals surface area (Å²) < 4.78 is 16.7. The van der Waals surface area contributed by atoms with Crippen LogP contribution in [0.5, 0.6) is 0 Å². The number of carbonyl (C=O) groups excluding carboxylic acids is 3. The summed E-state index contributed by atoms with van der Waals surface area (Å²) in [6.45, 7) is 6.55. The first-order valence-corrected chi connectivity index (χ1v) is 26.2. The van der Waals surface area contributed by atoms with E-state index in [0.29, 0.717) is 19.3 Å². The molecular weight excluding hydrogens is 757 g/mol. The van der Waals surface area contributed by atoms with Crippen LogP contribution >= 0.6 is 0 Å². The van der Waals surface area contributed by atoms with Crippen molar-refractivity contribution in [1.82, 2.24) is 0 Å². The zero-order chi connectivity index (χ0) is 44.4. The van der Waals surface area contributed by atoms with Gasteiger partial charge in [0.1, 0.15) is 13.2 Å². The molecule has 0 aromatic heterocycles. The third-order valence-electron chi connectivity index (χ3n) is 11.3. The number of rotatable bonds is 47. The zero-order valence-corrected chi connectivity index (χ0v) is 40.4. The number of carbonyl (C=O) groups is 3. The smallest absolute Gasteiger partial charge is 0.306 e. The van der Waals surface area contributed by atoms with Crippen molar-refractivity contribution in [3.8, 4) is 0 Å². The topological polar surface area (TPSA) is 78.9 Å². The zero-order valence-electron chi connectivity index (χ0n) is 40.4. The maximum absolute atomic E-state index is 12.8. The Balaban J connectivity index is 4.43. The standard InChI is InChI=1S/C55H98O6/c1-4-7-10-13-16-19-22-25-27-30-33-36-39-42-45-48-54(57)60-51-52(50-59-53(56)47-44-41-38-35-32-29-24-21-18-15-12-9-6-3)61-55(58)49-46-43-40-37-34-31-28-26-23-20-17-14-11-8-5-2/h16,19,22,25,29,32,38,41,52H,4-15,17-18,20-21,23-24,26-28,30-31,33-37,39-40,42-51H2,1-3H3/b19-16+,25-22+,32-29+,41-38+. The lowest BCUT2D eigenvalue weighted by Crippen LogP contribution is -2.30. The fourth-order valence-electron chi connectivity index (χ4n) is 7.37. The number of hydrogen-bond acceptors (Lipinski definition) is 6. The largest absolute Gasteiger partial charge is 0.462 e. The summed E-state index contributed by atoms with van der Waals surface area (Å²) in [5.41, 5.74) is 0. The van der Waals surface area contributed by atoms with Gasteiger partial charge in [-0.05, 0) is 64.2 Å². The molecule has 0 amide bonds. The molecule has 354 valence electrons. The summed E-state index contributed by atoms with van der Waals surface area (Å²) in [4.78, 5) is 37.9. The second-order valence-corrected chi connectivity index (χ2v) is 17.5. The molecule has 0 rings (SSSR count). The highest BCUT2D eigenvalue weighted by atomic mass is 16.6. The van der Waals surface area contributed by atoms with Crippen LogP contribution in [-0.4, -0.2) is 37.2 Å². The van der Waals surface area contributed by atoms with Crippen molar-refractivity contribution in [2.24, 2.45) is 0 Å².